The van der Waals surface area contributed by atoms with Crippen LogP contribution in [-0.4, -0.2) is 31.7 Å². The van der Waals surface area contributed by atoms with Crippen LogP contribution in [0.5, 0.6) is 0 Å². The van der Waals surface area contributed by atoms with Crippen LogP contribution < -0.4 is 11.1 Å². The molecule has 0 heterocycles. The summed E-state index contributed by atoms with van der Waals surface area (Å²) in [5.41, 5.74) is 5.06. The van der Waals surface area contributed by atoms with Gasteiger partial charge in [0, 0.05) is 19.6 Å². The normalized spacial score (nSPS) is 26.5. The van der Waals surface area contributed by atoms with Gasteiger partial charge in [0.15, 0.2) is 0 Å². The summed E-state index contributed by atoms with van der Waals surface area (Å²) in [5, 5.41) is 3.46. The third-order valence-electron chi connectivity index (χ3n) is 3.04. The number of carbonyl (C=O) groups excluding carboxylic acids is 1. The number of nitrogens with two attached hydrogens (primary N) is 1. The summed E-state index contributed by atoms with van der Waals surface area (Å²) in [5.74, 6) is -0.208. The van der Waals surface area contributed by atoms with Crippen LogP contribution in [0.1, 0.15) is 38.5 Å². The van der Waals surface area contributed by atoms with Gasteiger partial charge in [0.05, 0.1) is 6.10 Å². The van der Waals surface area contributed by atoms with E-state index in [0.717, 1.165) is 25.8 Å². The largest absolute Gasteiger partial charge is 0.381 e. The Balaban J connectivity index is 2.01. The highest BCUT2D eigenvalue weighted by atomic mass is 16.5. The SMILES string of the molecule is COC1CCC(NCCCC(N)=O)CC1. The van der Waals surface area contributed by atoms with Crippen molar-refractivity contribution >= 4 is 5.91 Å². The minimum atomic E-state index is -0.208. The van der Waals surface area contributed by atoms with Gasteiger partial charge in [-0.25, -0.2) is 0 Å². The van der Waals surface area contributed by atoms with E-state index in [-0.39, 0.29) is 5.91 Å². The van der Waals surface area contributed by atoms with Crippen molar-refractivity contribution in [3.63, 3.8) is 0 Å². The quantitative estimate of drug-likeness (QED) is 0.643. The Bertz CT molecular complexity index is 189. The van der Waals surface area contributed by atoms with Crippen molar-refractivity contribution in [2.75, 3.05) is 13.7 Å². The zero-order valence-electron chi connectivity index (χ0n) is 9.50. The summed E-state index contributed by atoms with van der Waals surface area (Å²) in [6.07, 6.45) is 6.42. The standard InChI is InChI=1S/C11H22N2O2/c1-15-10-6-4-9(5-7-10)13-8-2-3-11(12)14/h9-10,13H,2-8H2,1H3,(H2,12,14). The lowest BCUT2D eigenvalue weighted by Crippen LogP contribution is -2.35. The van der Waals surface area contributed by atoms with E-state index < -0.39 is 0 Å². The van der Waals surface area contributed by atoms with Crippen molar-refractivity contribution in [2.24, 2.45) is 5.73 Å². The minimum Gasteiger partial charge on any atom is -0.381 e. The highest BCUT2D eigenvalue weighted by molar-refractivity contribution is 5.73. The predicted molar refractivity (Wildman–Crippen MR) is 59.5 cm³/mol. The molecule has 0 aromatic heterocycles. The maximum absolute atomic E-state index is 10.5. The highest BCUT2D eigenvalue weighted by Gasteiger charge is 2.19. The number of amides is 1. The van der Waals surface area contributed by atoms with Crippen molar-refractivity contribution in [3.8, 4) is 0 Å². The molecule has 3 N–H and O–H groups in total. The first-order chi connectivity index (χ1) is 7.22. The van der Waals surface area contributed by atoms with E-state index in [0.29, 0.717) is 18.6 Å². The predicted octanol–water partition coefficient (Wildman–Crippen LogP) is 0.799. The molecule has 0 saturated heterocycles. The van der Waals surface area contributed by atoms with Gasteiger partial charge in [-0.3, -0.25) is 4.79 Å². The molecule has 1 aliphatic carbocycles. The van der Waals surface area contributed by atoms with Crippen LogP contribution in [0.2, 0.25) is 0 Å². The fourth-order valence-electron chi connectivity index (χ4n) is 2.07. The number of hydrogen-bond donors (Lipinski definition) is 2. The molecule has 1 rings (SSSR count). The lowest BCUT2D eigenvalue weighted by atomic mass is 9.93. The molecule has 0 radical (unpaired) electrons. The van der Waals surface area contributed by atoms with Crippen LogP contribution in [0.25, 0.3) is 0 Å². The molecular formula is C11H22N2O2. The summed E-state index contributed by atoms with van der Waals surface area (Å²) in [6, 6.07) is 0.601. The number of ether oxygens (including phenoxy) is 1. The molecular weight excluding hydrogens is 192 g/mol. The monoisotopic (exact) mass is 214 g/mol. The molecule has 1 amide bonds. The van der Waals surface area contributed by atoms with Gasteiger partial charge < -0.3 is 15.8 Å². The number of hydrogen-bond acceptors (Lipinski definition) is 3. The number of carbonyl (C=O) groups is 1. The maximum atomic E-state index is 10.5. The molecule has 0 unspecified atom stereocenters. The number of primary amides is 1. The molecule has 4 nitrogen and oxygen atoms in total. The van der Waals surface area contributed by atoms with Gasteiger partial charge in [-0.2, -0.15) is 0 Å². The van der Waals surface area contributed by atoms with E-state index in [1.54, 1.807) is 7.11 Å². The zero-order chi connectivity index (χ0) is 11.1. The summed E-state index contributed by atoms with van der Waals surface area (Å²) in [6.45, 7) is 0.894. The lowest BCUT2D eigenvalue weighted by Gasteiger charge is -2.28. The fraction of sp³-hybridized carbons (Fsp3) is 0.909. The van der Waals surface area contributed by atoms with Gasteiger partial charge in [0.25, 0.3) is 0 Å². The summed E-state index contributed by atoms with van der Waals surface area (Å²) in [7, 11) is 1.78. The Morgan fingerprint density at radius 1 is 1.40 bits per heavy atom. The Morgan fingerprint density at radius 2 is 2.07 bits per heavy atom. The molecule has 88 valence electrons. The first kappa shape index (κ1) is 12.5. The minimum absolute atomic E-state index is 0.208. The molecule has 1 saturated carbocycles. The van der Waals surface area contributed by atoms with Crippen molar-refractivity contribution in [1.29, 1.82) is 0 Å². The van der Waals surface area contributed by atoms with E-state index in [1.807, 2.05) is 0 Å². The van der Waals surface area contributed by atoms with Crippen LogP contribution in [0, 0.1) is 0 Å². The second-order valence-corrected chi connectivity index (χ2v) is 4.23. The Morgan fingerprint density at radius 3 is 2.60 bits per heavy atom. The second kappa shape index (κ2) is 6.80. The van der Waals surface area contributed by atoms with Crippen LogP contribution in [-0.2, 0) is 9.53 Å². The van der Waals surface area contributed by atoms with Crippen molar-refractivity contribution in [3.05, 3.63) is 0 Å². The molecule has 0 aromatic carbocycles. The molecule has 0 spiro atoms. The van der Waals surface area contributed by atoms with Gasteiger partial charge in [0.2, 0.25) is 5.91 Å². The molecule has 15 heavy (non-hydrogen) atoms. The molecule has 0 bridgehead atoms. The number of methoxy groups -OCH3 is 1. The smallest absolute Gasteiger partial charge is 0.217 e. The van der Waals surface area contributed by atoms with E-state index in [4.69, 9.17) is 10.5 Å². The van der Waals surface area contributed by atoms with Crippen LogP contribution >= 0.6 is 0 Å². The van der Waals surface area contributed by atoms with Gasteiger partial charge in [-0.1, -0.05) is 0 Å². The van der Waals surface area contributed by atoms with Crippen LogP contribution in [0.3, 0.4) is 0 Å². The molecule has 1 aliphatic rings. The maximum Gasteiger partial charge on any atom is 0.217 e. The van der Waals surface area contributed by atoms with E-state index in [1.165, 1.54) is 12.8 Å². The zero-order valence-corrected chi connectivity index (χ0v) is 9.50. The Kier molecular flexibility index (Phi) is 5.65. The lowest BCUT2D eigenvalue weighted by molar-refractivity contribution is -0.118. The van der Waals surface area contributed by atoms with E-state index >= 15 is 0 Å². The highest BCUT2D eigenvalue weighted by Crippen LogP contribution is 2.20. The van der Waals surface area contributed by atoms with Crippen molar-refractivity contribution in [2.45, 2.75) is 50.7 Å². The topological polar surface area (TPSA) is 64.3 Å². The van der Waals surface area contributed by atoms with Crippen LogP contribution in [0.4, 0.5) is 0 Å². The summed E-state index contributed by atoms with van der Waals surface area (Å²) < 4.78 is 5.31. The summed E-state index contributed by atoms with van der Waals surface area (Å²) in [4.78, 5) is 10.5. The third kappa shape index (κ3) is 5.14. The molecule has 0 atom stereocenters. The molecule has 1 fully saturated rings. The number of nitrogens with one attached hydrogen (secondary N) is 1. The fourth-order valence-corrected chi connectivity index (χ4v) is 2.07. The second-order valence-electron chi connectivity index (χ2n) is 4.23. The summed E-state index contributed by atoms with van der Waals surface area (Å²) >= 11 is 0. The van der Waals surface area contributed by atoms with Crippen LogP contribution in [0.15, 0.2) is 0 Å². The average molecular weight is 214 g/mol. The molecule has 0 aromatic rings. The first-order valence-corrected chi connectivity index (χ1v) is 5.77. The van der Waals surface area contributed by atoms with Gasteiger partial charge in [0.1, 0.15) is 0 Å². The van der Waals surface area contributed by atoms with Gasteiger partial charge in [-0.05, 0) is 38.6 Å². The Labute approximate surface area is 91.5 Å². The van der Waals surface area contributed by atoms with Gasteiger partial charge in [-0.15, -0.1) is 0 Å². The van der Waals surface area contributed by atoms with Gasteiger partial charge >= 0.3 is 0 Å². The molecule has 0 aliphatic heterocycles. The average Bonchev–Trinajstić information content (AvgIpc) is 2.25. The van der Waals surface area contributed by atoms with E-state index in [9.17, 15) is 4.79 Å². The van der Waals surface area contributed by atoms with Crippen molar-refractivity contribution < 1.29 is 9.53 Å². The Hall–Kier alpha value is -0.610. The van der Waals surface area contributed by atoms with Crippen molar-refractivity contribution in [1.82, 2.24) is 5.32 Å². The molecule has 4 heteroatoms. The van der Waals surface area contributed by atoms with E-state index in [2.05, 4.69) is 5.32 Å². The first-order valence-electron chi connectivity index (χ1n) is 5.77. The number of rotatable bonds is 6. The third-order valence-corrected chi connectivity index (χ3v) is 3.04.